The molecule has 1 saturated heterocycles. The maximum absolute atomic E-state index is 12.3. The molecule has 0 saturated carbocycles. The first-order chi connectivity index (χ1) is 12.2. The molecule has 0 unspecified atom stereocenters. The van der Waals surface area contributed by atoms with E-state index in [1.54, 1.807) is 0 Å². The smallest absolute Gasteiger partial charge is 0.223 e. The summed E-state index contributed by atoms with van der Waals surface area (Å²) in [6.07, 6.45) is 1.06. The van der Waals surface area contributed by atoms with Gasteiger partial charge in [-0.25, -0.2) is 4.98 Å². The second kappa shape index (κ2) is 8.62. The predicted molar refractivity (Wildman–Crippen MR) is 94.4 cm³/mol. The Hall–Kier alpha value is -2.41. The number of aromatic nitrogens is 3. The zero-order valence-electron chi connectivity index (χ0n) is 14.6. The number of H-pyrrole nitrogens is 1. The van der Waals surface area contributed by atoms with E-state index in [0.717, 1.165) is 44.3 Å². The molecular formula is C18H25N5O2. The van der Waals surface area contributed by atoms with E-state index in [1.807, 2.05) is 42.2 Å². The van der Waals surface area contributed by atoms with Crippen molar-refractivity contribution in [2.45, 2.75) is 19.8 Å². The number of para-hydroxylation sites is 1. The van der Waals surface area contributed by atoms with Gasteiger partial charge in [0.2, 0.25) is 5.91 Å². The quantitative estimate of drug-likeness (QED) is 0.819. The summed E-state index contributed by atoms with van der Waals surface area (Å²) in [5.41, 5.74) is 0. The highest BCUT2D eigenvalue weighted by atomic mass is 16.5. The van der Waals surface area contributed by atoms with E-state index < -0.39 is 0 Å². The van der Waals surface area contributed by atoms with Crippen LogP contribution in [-0.4, -0.2) is 70.2 Å². The molecular weight excluding hydrogens is 318 g/mol. The normalized spacial score (nSPS) is 15.3. The van der Waals surface area contributed by atoms with Crippen LogP contribution in [0.25, 0.3) is 0 Å². The molecule has 0 radical (unpaired) electrons. The number of amides is 1. The van der Waals surface area contributed by atoms with Crippen LogP contribution in [-0.2, 0) is 11.2 Å². The monoisotopic (exact) mass is 343 g/mol. The number of piperazine rings is 1. The van der Waals surface area contributed by atoms with Gasteiger partial charge in [-0.1, -0.05) is 18.2 Å². The van der Waals surface area contributed by atoms with Crippen LogP contribution in [0, 0.1) is 6.92 Å². The Bertz CT molecular complexity index is 665. The Labute approximate surface area is 148 Å². The van der Waals surface area contributed by atoms with Crippen LogP contribution in [0.2, 0.25) is 0 Å². The van der Waals surface area contributed by atoms with Crippen LogP contribution < -0.4 is 4.74 Å². The van der Waals surface area contributed by atoms with Crippen molar-refractivity contribution in [1.29, 1.82) is 0 Å². The molecule has 25 heavy (non-hydrogen) atoms. The fourth-order valence-electron chi connectivity index (χ4n) is 2.91. The lowest BCUT2D eigenvalue weighted by molar-refractivity contribution is -0.132. The van der Waals surface area contributed by atoms with Crippen molar-refractivity contribution in [2.75, 3.05) is 39.3 Å². The summed E-state index contributed by atoms with van der Waals surface area (Å²) in [5, 5.41) is 6.88. The zero-order chi connectivity index (χ0) is 17.5. The molecule has 3 rings (SSSR count). The maximum Gasteiger partial charge on any atom is 0.223 e. The maximum atomic E-state index is 12.3. The first kappa shape index (κ1) is 17.4. The van der Waals surface area contributed by atoms with Crippen LogP contribution in [0.4, 0.5) is 0 Å². The summed E-state index contributed by atoms with van der Waals surface area (Å²) in [4.78, 5) is 20.8. The van der Waals surface area contributed by atoms with E-state index in [1.165, 1.54) is 0 Å². The minimum atomic E-state index is 0.183. The number of carbonyl (C=O) groups excluding carboxylic acids is 1. The van der Waals surface area contributed by atoms with E-state index in [9.17, 15) is 4.79 Å². The molecule has 0 bridgehead atoms. The molecule has 1 amide bonds. The number of carbonyl (C=O) groups is 1. The Balaban J connectivity index is 1.33. The molecule has 1 aliphatic rings. The number of nitrogens with zero attached hydrogens (tertiary/aromatic N) is 4. The summed E-state index contributed by atoms with van der Waals surface area (Å²) in [5.74, 6) is 2.58. The molecule has 7 heteroatoms. The second-order valence-corrected chi connectivity index (χ2v) is 6.22. The topological polar surface area (TPSA) is 74.3 Å². The first-order valence-electron chi connectivity index (χ1n) is 8.76. The summed E-state index contributed by atoms with van der Waals surface area (Å²) >= 11 is 0. The van der Waals surface area contributed by atoms with Crippen LogP contribution in [0.1, 0.15) is 18.1 Å². The molecule has 1 N–H and O–H groups in total. The molecule has 7 nitrogen and oxygen atoms in total. The Morgan fingerprint density at radius 3 is 2.64 bits per heavy atom. The average molecular weight is 343 g/mol. The van der Waals surface area contributed by atoms with Gasteiger partial charge < -0.3 is 9.64 Å². The predicted octanol–water partition coefficient (Wildman–Crippen LogP) is 1.27. The highest BCUT2D eigenvalue weighted by Gasteiger charge is 2.21. The van der Waals surface area contributed by atoms with Crippen molar-refractivity contribution in [2.24, 2.45) is 0 Å². The van der Waals surface area contributed by atoms with Crippen LogP contribution in [0.15, 0.2) is 30.3 Å². The van der Waals surface area contributed by atoms with Gasteiger partial charge in [-0.3, -0.25) is 14.8 Å². The van der Waals surface area contributed by atoms with Crippen molar-refractivity contribution in [3.8, 4) is 5.75 Å². The van der Waals surface area contributed by atoms with Gasteiger partial charge in [0.25, 0.3) is 0 Å². The molecule has 2 heterocycles. The van der Waals surface area contributed by atoms with Crippen molar-refractivity contribution in [3.63, 3.8) is 0 Å². The fraction of sp³-hybridized carbons (Fsp3) is 0.500. The molecule has 0 spiro atoms. The Kier molecular flexibility index (Phi) is 6.00. The third kappa shape index (κ3) is 5.29. The number of rotatable bonds is 7. The lowest BCUT2D eigenvalue weighted by Crippen LogP contribution is -2.49. The number of ether oxygens (including phenoxy) is 1. The van der Waals surface area contributed by atoms with Gasteiger partial charge in [-0.2, -0.15) is 5.10 Å². The van der Waals surface area contributed by atoms with E-state index in [4.69, 9.17) is 4.74 Å². The highest BCUT2D eigenvalue weighted by Crippen LogP contribution is 2.09. The second-order valence-electron chi connectivity index (χ2n) is 6.22. The number of nitrogens with one attached hydrogen (secondary N) is 1. The van der Waals surface area contributed by atoms with Gasteiger partial charge in [-0.05, 0) is 19.1 Å². The SMILES string of the molecule is Cc1nc(CCC(=O)N2CCN(CCOc3ccccc3)CC2)n[nH]1. The van der Waals surface area contributed by atoms with Gasteiger partial charge in [0.15, 0.2) is 5.82 Å². The lowest BCUT2D eigenvalue weighted by Gasteiger charge is -2.34. The highest BCUT2D eigenvalue weighted by molar-refractivity contribution is 5.76. The third-order valence-electron chi connectivity index (χ3n) is 4.35. The number of aryl methyl sites for hydroxylation is 2. The Morgan fingerprint density at radius 2 is 1.96 bits per heavy atom. The zero-order valence-corrected chi connectivity index (χ0v) is 14.6. The van der Waals surface area contributed by atoms with Gasteiger partial charge in [-0.15, -0.1) is 0 Å². The number of hydrogen-bond donors (Lipinski definition) is 1. The summed E-state index contributed by atoms with van der Waals surface area (Å²) in [6, 6.07) is 9.85. The van der Waals surface area contributed by atoms with E-state index in [2.05, 4.69) is 20.1 Å². The van der Waals surface area contributed by atoms with E-state index >= 15 is 0 Å². The molecule has 1 aromatic carbocycles. The van der Waals surface area contributed by atoms with E-state index in [0.29, 0.717) is 25.3 Å². The minimum absolute atomic E-state index is 0.183. The molecule has 2 aromatic rings. The number of aromatic amines is 1. The van der Waals surface area contributed by atoms with Gasteiger partial charge in [0.1, 0.15) is 18.2 Å². The molecule has 1 aromatic heterocycles. The molecule has 0 atom stereocenters. The average Bonchev–Trinajstić information content (AvgIpc) is 3.06. The molecule has 1 aliphatic heterocycles. The van der Waals surface area contributed by atoms with Crippen LogP contribution in [0.5, 0.6) is 5.75 Å². The van der Waals surface area contributed by atoms with E-state index in [-0.39, 0.29) is 5.91 Å². The number of benzene rings is 1. The molecule has 0 aliphatic carbocycles. The Morgan fingerprint density at radius 1 is 1.20 bits per heavy atom. The standard InChI is InChI=1S/C18H25N5O2/c1-15-19-17(21-20-15)7-8-18(24)23-11-9-22(10-12-23)13-14-25-16-5-3-2-4-6-16/h2-6H,7-14H2,1H3,(H,19,20,21). The summed E-state index contributed by atoms with van der Waals surface area (Å²) in [7, 11) is 0. The molecule has 134 valence electrons. The van der Waals surface area contributed by atoms with Gasteiger partial charge >= 0.3 is 0 Å². The van der Waals surface area contributed by atoms with Crippen molar-refractivity contribution in [3.05, 3.63) is 42.0 Å². The summed E-state index contributed by atoms with van der Waals surface area (Å²) in [6.45, 7) is 6.75. The lowest BCUT2D eigenvalue weighted by atomic mass is 10.2. The first-order valence-corrected chi connectivity index (χ1v) is 8.76. The van der Waals surface area contributed by atoms with Crippen LogP contribution in [0.3, 0.4) is 0 Å². The van der Waals surface area contributed by atoms with Crippen LogP contribution >= 0.6 is 0 Å². The fourth-order valence-corrected chi connectivity index (χ4v) is 2.91. The molecule has 1 fully saturated rings. The number of hydrogen-bond acceptors (Lipinski definition) is 5. The van der Waals surface area contributed by atoms with Crippen molar-refractivity contribution in [1.82, 2.24) is 25.0 Å². The summed E-state index contributed by atoms with van der Waals surface area (Å²) < 4.78 is 5.73. The minimum Gasteiger partial charge on any atom is -0.492 e. The van der Waals surface area contributed by atoms with Gasteiger partial charge in [0, 0.05) is 45.6 Å². The third-order valence-corrected chi connectivity index (χ3v) is 4.35. The van der Waals surface area contributed by atoms with Crippen molar-refractivity contribution < 1.29 is 9.53 Å². The van der Waals surface area contributed by atoms with Crippen molar-refractivity contribution >= 4 is 5.91 Å². The largest absolute Gasteiger partial charge is 0.492 e. The van der Waals surface area contributed by atoms with Gasteiger partial charge in [0.05, 0.1) is 0 Å².